The smallest absolute Gasteiger partial charge is 0.744 e. The topological polar surface area (TPSA) is 199 Å². The molecule has 2 aliphatic heterocycles. The summed E-state index contributed by atoms with van der Waals surface area (Å²) in [5.41, 5.74) is 11.9. The average molecular weight is 721 g/mol. The van der Waals surface area contributed by atoms with Crippen molar-refractivity contribution in [3.8, 4) is 0 Å². The van der Waals surface area contributed by atoms with Crippen molar-refractivity contribution in [2.45, 2.75) is 80.4 Å². The molecule has 13 nitrogen and oxygen atoms in total. The zero-order valence-corrected chi connectivity index (χ0v) is 32.4. The zero-order chi connectivity index (χ0) is 35.5. The standard InChI is InChI=1S/C33H42N6O7S2.Na/c1-32(2)25-21-23(47(41,42)43)14-16-27(25)38(5)29(32)11-9-12-30-33(3,4)26-22-24(48(44,45)46)15-17-28(26)39(30)20-8-6-7-13-31(40)35-18-10-19-36-37-34;/h9,11-12,14-17,21-22H,6-8,10,13,18-20H2,1-5H3,(H2-,35,40,41,42,43,44,45,46);/q;+1/p-1. The predicted molar refractivity (Wildman–Crippen MR) is 180 cm³/mol. The van der Waals surface area contributed by atoms with Gasteiger partial charge in [0.2, 0.25) is 11.6 Å². The van der Waals surface area contributed by atoms with Gasteiger partial charge < -0.3 is 19.3 Å². The number of hydrogen-bond acceptors (Lipinski definition) is 9. The van der Waals surface area contributed by atoms with Crippen molar-refractivity contribution in [3.63, 3.8) is 0 Å². The fraction of sp³-hybridized carbons (Fsp3) is 0.455. The number of benzene rings is 2. The second kappa shape index (κ2) is 15.9. The van der Waals surface area contributed by atoms with Gasteiger partial charge in [-0.1, -0.05) is 31.5 Å². The number of rotatable bonds is 14. The first-order valence-corrected chi connectivity index (χ1v) is 18.5. The molecule has 0 saturated carbocycles. The van der Waals surface area contributed by atoms with Crippen LogP contribution < -0.4 is 39.8 Å². The maximum absolute atomic E-state index is 12.2. The summed E-state index contributed by atoms with van der Waals surface area (Å²) in [6.45, 7) is 9.22. The molecule has 0 fully saturated rings. The summed E-state index contributed by atoms with van der Waals surface area (Å²) >= 11 is 0. The molecule has 0 spiro atoms. The van der Waals surface area contributed by atoms with Crippen molar-refractivity contribution in [1.29, 1.82) is 0 Å². The third-order valence-electron chi connectivity index (χ3n) is 9.06. The van der Waals surface area contributed by atoms with E-state index in [-0.39, 0.29) is 45.3 Å². The number of nitrogens with one attached hydrogen (secondary N) is 1. The molecule has 16 heteroatoms. The van der Waals surface area contributed by atoms with Gasteiger partial charge in [-0.05, 0) is 80.6 Å². The van der Waals surface area contributed by atoms with Crippen molar-refractivity contribution < 1.29 is 64.9 Å². The Labute approximate surface area is 310 Å². The monoisotopic (exact) mass is 720 g/mol. The Kier molecular flexibility index (Phi) is 13.1. The Morgan fingerprint density at radius 1 is 0.959 bits per heavy atom. The molecule has 2 heterocycles. The molecule has 0 radical (unpaired) electrons. The van der Waals surface area contributed by atoms with E-state index in [1.807, 2.05) is 57.5 Å². The van der Waals surface area contributed by atoms with Gasteiger partial charge in [0, 0.05) is 65.5 Å². The van der Waals surface area contributed by atoms with E-state index < -0.39 is 31.1 Å². The number of azide groups is 1. The molecular weight excluding hydrogens is 680 g/mol. The van der Waals surface area contributed by atoms with Crippen LogP contribution in [0, 0.1) is 0 Å². The van der Waals surface area contributed by atoms with Crippen LogP contribution in [0.4, 0.5) is 11.4 Å². The van der Waals surface area contributed by atoms with Gasteiger partial charge in [-0.2, -0.15) is 4.58 Å². The van der Waals surface area contributed by atoms with Gasteiger partial charge in [0.05, 0.1) is 15.2 Å². The van der Waals surface area contributed by atoms with Crippen molar-refractivity contribution in [3.05, 3.63) is 81.9 Å². The summed E-state index contributed by atoms with van der Waals surface area (Å²) in [5, 5.41) is 6.27. The van der Waals surface area contributed by atoms with Gasteiger partial charge >= 0.3 is 29.6 Å². The van der Waals surface area contributed by atoms with Crippen LogP contribution in [-0.4, -0.2) is 68.8 Å². The van der Waals surface area contributed by atoms with E-state index in [0.717, 1.165) is 41.2 Å². The van der Waals surface area contributed by atoms with E-state index in [0.29, 0.717) is 44.5 Å². The van der Waals surface area contributed by atoms with E-state index in [9.17, 15) is 30.7 Å². The van der Waals surface area contributed by atoms with Gasteiger partial charge in [-0.25, -0.2) is 16.8 Å². The summed E-state index contributed by atoms with van der Waals surface area (Å²) in [7, 11) is -7.41. The number of unbranched alkanes of at least 4 members (excludes halogenated alkanes) is 2. The van der Waals surface area contributed by atoms with Crippen molar-refractivity contribution in [2.24, 2.45) is 5.11 Å². The molecule has 2 aromatic rings. The van der Waals surface area contributed by atoms with Gasteiger partial charge in [-0.3, -0.25) is 4.79 Å². The maximum atomic E-state index is 12.2. The number of allylic oxidation sites excluding steroid dienone is 4. The van der Waals surface area contributed by atoms with E-state index in [2.05, 4.69) is 20.2 Å². The first-order chi connectivity index (χ1) is 22.4. The zero-order valence-electron chi connectivity index (χ0n) is 28.8. The molecule has 0 bridgehead atoms. The predicted octanol–water partition coefficient (Wildman–Crippen LogP) is 2.12. The first kappa shape index (κ1) is 40.4. The Hall–Kier alpha value is -3.01. The molecule has 49 heavy (non-hydrogen) atoms. The molecular formula is C33H41N6NaO7S2. The number of hydrogen-bond donors (Lipinski definition) is 1. The molecule has 1 N–H and O–H groups in total. The van der Waals surface area contributed by atoms with Crippen LogP contribution in [0.2, 0.25) is 0 Å². The van der Waals surface area contributed by atoms with Crippen LogP contribution in [-0.2, 0) is 35.9 Å². The van der Waals surface area contributed by atoms with Crippen LogP contribution in [0.25, 0.3) is 10.4 Å². The Morgan fingerprint density at radius 3 is 2.22 bits per heavy atom. The Morgan fingerprint density at radius 2 is 1.59 bits per heavy atom. The molecule has 2 aromatic carbocycles. The molecule has 0 atom stereocenters. The molecule has 0 unspecified atom stereocenters. The molecule has 0 aromatic heterocycles. The van der Waals surface area contributed by atoms with Crippen LogP contribution >= 0.6 is 0 Å². The summed E-state index contributed by atoms with van der Waals surface area (Å²) < 4.78 is 72.8. The molecule has 4 rings (SSSR count). The third kappa shape index (κ3) is 9.02. The van der Waals surface area contributed by atoms with E-state index in [4.69, 9.17) is 5.53 Å². The largest absolute Gasteiger partial charge is 1.00 e. The molecule has 0 aliphatic carbocycles. The minimum absolute atomic E-state index is 0. The minimum atomic E-state index is -4.67. The number of amides is 1. The van der Waals surface area contributed by atoms with E-state index in [1.165, 1.54) is 24.3 Å². The second-order valence-corrected chi connectivity index (χ2v) is 15.8. The fourth-order valence-corrected chi connectivity index (χ4v) is 7.49. The number of anilines is 1. The van der Waals surface area contributed by atoms with Crippen LogP contribution in [0.3, 0.4) is 0 Å². The number of carbonyl (C=O) groups excluding carboxylic acids is 1. The number of fused-ring (bicyclic) bond motifs is 2. The summed E-state index contributed by atoms with van der Waals surface area (Å²) in [5.74, 6) is -0.0639. The molecule has 258 valence electrons. The quantitative estimate of drug-likeness (QED) is 0.0582. The summed E-state index contributed by atoms with van der Waals surface area (Å²) in [6, 6.07) is 8.82. The van der Waals surface area contributed by atoms with E-state index in [1.54, 1.807) is 12.1 Å². The maximum Gasteiger partial charge on any atom is 1.00 e. The Bertz CT molecular complexity index is 1970. The van der Waals surface area contributed by atoms with Crippen molar-refractivity contribution in [2.75, 3.05) is 31.6 Å². The van der Waals surface area contributed by atoms with Crippen molar-refractivity contribution in [1.82, 2.24) is 5.32 Å². The third-order valence-corrected chi connectivity index (χ3v) is 10.7. The van der Waals surface area contributed by atoms with Gasteiger partial charge in [-0.15, -0.1) is 0 Å². The van der Waals surface area contributed by atoms with Crippen LogP contribution in [0.1, 0.15) is 70.9 Å². The minimum Gasteiger partial charge on any atom is -0.744 e. The van der Waals surface area contributed by atoms with Gasteiger partial charge in [0.15, 0.2) is 5.71 Å². The summed E-state index contributed by atoms with van der Waals surface area (Å²) in [4.78, 5) is 16.4. The fourth-order valence-electron chi connectivity index (χ4n) is 6.50. The normalized spacial score (nSPS) is 17.1. The van der Waals surface area contributed by atoms with Gasteiger partial charge in [0.1, 0.15) is 27.3 Å². The van der Waals surface area contributed by atoms with Crippen LogP contribution in [0.5, 0.6) is 0 Å². The molecule has 0 saturated heterocycles. The Balaban J connectivity index is 0.00000650. The SMILES string of the molecule is C[N+]1=C(/C=C/C=C2/N(CCCCCC(=O)NCCCN=[N+]=[N-])c3ccc(S(=O)(=O)[O-])cc3C2(C)C)C(C)(C)c2cc(S(=O)(=O)[O-])ccc21.[Na+]. The summed E-state index contributed by atoms with van der Waals surface area (Å²) in [6.07, 6.45) is 8.93. The second-order valence-electron chi connectivity index (χ2n) is 13.0. The average Bonchev–Trinajstić information content (AvgIpc) is 3.33. The molecule has 1 amide bonds. The van der Waals surface area contributed by atoms with Gasteiger partial charge in [0.25, 0.3) is 0 Å². The number of nitrogens with zero attached hydrogens (tertiary/aromatic N) is 5. The van der Waals surface area contributed by atoms with Crippen LogP contribution in [0.15, 0.2) is 75.2 Å². The first-order valence-electron chi connectivity index (χ1n) is 15.7. The number of carbonyl (C=O) groups is 1. The van der Waals surface area contributed by atoms with E-state index >= 15 is 0 Å². The van der Waals surface area contributed by atoms with Crippen molar-refractivity contribution >= 4 is 43.2 Å². The molecule has 2 aliphatic rings.